The molecule has 2 rings (SSSR count). The molecular weight excluding hydrogens is 262 g/mol. The van der Waals surface area contributed by atoms with Crippen LogP contribution in [0.25, 0.3) is 0 Å². The van der Waals surface area contributed by atoms with Gasteiger partial charge in [0.25, 0.3) is 0 Å². The Morgan fingerprint density at radius 1 is 1.48 bits per heavy atom. The van der Waals surface area contributed by atoms with Gasteiger partial charge in [0.2, 0.25) is 0 Å². The minimum atomic E-state index is -0.114. The lowest BCUT2D eigenvalue weighted by molar-refractivity contribution is -0.0750. The van der Waals surface area contributed by atoms with E-state index in [0.29, 0.717) is 6.04 Å². The summed E-state index contributed by atoms with van der Waals surface area (Å²) in [5, 5.41) is 3.49. The van der Waals surface area contributed by atoms with E-state index < -0.39 is 0 Å². The topological polar surface area (TPSA) is 37.4 Å². The van der Waals surface area contributed by atoms with Gasteiger partial charge >= 0.3 is 0 Å². The van der Waals surface area contributed by atoms with Crippen molar-refractivity contribution in [3.8, 4) is 0 Å². The number of ether oxygens (including phenoxy) is 1. The van der Waals surface area contributed by atoms with Crippen molar-refractivity contribution in [2.24, 2.45) is 0 Å². The number of hydrogen-bond donors (Lipinski definition) is 1. The summed E-state index contributed by atoms with van der Waals surface area (Å²) in [5.74, 6) is 0. The largest absolute Gasteiger partial charge is 0.369 e. The molecule has 0 amide bonds. The van der Waals surface area contributed by atoms with Crippen molar-refractivity contribution in [1.82, 2.24) is 10.3 Å². The Morgan fingerprint density at radius 3 is 2.81 bits per heavy atom. The van der Waals surface area contributed by atoms with Crippen LogP contribution in [0.2, 0.25) is 0 Å². The second kappa shape index (κ2) is 6.32. The lowest BCUT2D eigenvalue weighted by Gasteiger charge is -2.43. The van der Waals surface area contributed by atoms with Gasteiger partial charge in [-0.25, -0.2) is 0 Å². The van der Waals surface area contributed by atoms with E-state index in [4.69, 9.17) is 4.74 Å². The molecule has 1 N–H and O–H groups in total. The number of aromatic nitrogens is 1. The molecule has 118 valence electrons. The quantitative estimate of drug-likeness (QED) is 0.925. The van der Waals surface area contributed by atoms with Crippen LogP contribution in [0.15, 0.2) is 12.3 Å². The third-order valence-electron chi connectivity index (χ3n) is 3.71. The van der Waals surface area contributed by atoms with Crippen LogP contribution in [0, 0.1) is 6.92 Å². The average Bonchev–Trinajstić information content (AvgIpc) is 2.34. The molecule has 0 bridgehead atoms. The van der Waals surface area contributed by atoms with E-state index in [9.17, 15) is 0 Å². The maximum absolute atomic E-state index is 6.02. The number of aryl methyl sites for hydroxylation is 1. The first kappa shape index (κ1) is 16.2. The third-order valence-corrected chi connectivity index (χ3v) is 3.71. The number of nitrogens with one attached hydrogen (secondary N) is 1. The summed E-state index contributed by atoms with van der Waals surface area (Å²) in [6.07, 6.45) is 2.25. The lowest BCUT2D eigenvalue weighted by Crippen LogP contribution is -2.52. The molecule has 1 atom stereocenters. The van der Waals surface area contributed by atoms with Gasteiger partial charge in [0.05, 0.1) is 11.7 Å². The fourth-order valence-corrected chi connectivity index (χ4v) is 2.96. The van der Waals surface area contributed by atoms with Gasteiger partial charge in [-0.2, -0.15) is 0 Å². The summed E-state index contributed by atoms with van der Waals surface area (Å²) < 4.78 is 6.02. The monoisotopic (exact) mass is 291 g/mol. The highest BCUT2D eigenvalue weighted by Crippen LogP contribution is 2.28. The second-order valence-corrected chi connectivity index (χ2v) is 7.06. The molecule has 4 nitrogen and oxygen atoms in total. The summed E-state index contributed by atoms with van der Waals surface area (Å²) >= 11 is 0. The maximum atomic E-state index is 6.02. The Labute approximate surface area is 128 Å². The third kappa shape index (κ3) is 4.42. The summed E-state index contributed by atoms with van der Waals surface area (Å²) in [6, 6.07) is 2.67. The van der Waals surface area contributed by atoms with E-state index in [1.807, 2.05) is 6.20 Å². The Bertz CT molecular complexity index is 485. The first-order valence-corrected chi connectivity index (χ1v) is 7.88. The van der Waals surface area contributed by atoms with Crippen molar-refractivity contribution >= 4 is 5.69 Å². The van der Waals surface area contributed by atoms with Crippen molar-refractivity contribution < 1.29 is 4.74 Å². The van der Waals surface area contributed by atoms with Gasteiger partial charge < -0.3 is 15.0 Å². The van der Waals surface area contributed by atoms with E-state index in [-0.39, 0.29) is 11.7 Å². The lowest BCUT2D eigenvalue weighted by atomic mass is 10.0. The van der Waals surface area contributed by atoms with Crippen molar-refractivity contribution in [1.29, 1.82) is 0 Å². The molecule has 0 saturated carbocycles. The number of hydrogen-bond acceptors (Lipinski definition) is 4. The van der Waals surface area contributed by atoms with Crippen molar-refractivity contribution in [2.45, 2.75) is 65.8 Å². The minimum absolute atomic E-state index is 0.114. The van der Waals surface area contributed by atoms with Crippen LogP contribution in [0.1, 0.15) is 45.9 Å². The minimum Gasteiger partial charge on any atom is -0.369 e. The molecular formula is C17H29N3O. The first-order valence-electron chi connectivity index (χ1n) is 7.88. The summed E-state index contributed by atoms with van der Waals surface area (Å²) in [7, 11) is 0. The van der Waals surface area contributed by atoms with Gasteiger partial charge in [0.1, 0.15) is 0 Å². The van der Waals surface area contributed by atoms with Crippen molar-refractivity contribution in [3.63, 3.8) is 0 Å². The fourth-order valence-electron chi connectivity index (χ4n) is 2.96. The Morgan fingerprint density at radius 2 is 2.19 bits per heavy atom. The highest BCUT2D eigenvalue weighted by molar-refractivity contribution is 5.54. The predicted octanol–water partition coefficient (Wildman–Crippen LogP) is 2.89. The van der Waals surface area contributed by atoms with Crippen molar-refractivity contribution in [3.05, 3.63) is 23.5 Å². The van der Waals surface area contributed by atoms with Gasteiger partial charge in [0.15, 0.2) is 0 Å². The summed E-state index contributed by atoms with van der Waals surface area (Å²) in [5.41, 5.74) is 3.51. The number of pyridine rings is 1. The molecule has 0 radical (unpaired) electrons. The van der Waals surface area contributed by atoms with Crippen LogP contribution in [0.3, 0.4) is 0 Å². The summed E-state index contributed by atoms with van der Waals surface area (Å²) in [4.78, 5) is 6.91. The molecule has 1 unspecified atom stereocenters. The van der Waals surface area contributed by atoms with Gasteiger partial charge in [-0.1, -0.05) is 13.8 Å². The Balaban J connectivity index is 2.26. The van der Waals surface area contributed by atoms with Crippen molar-refractivity contribution in [2.75, 3.05) is 18.0 Å². The molecule has 0 aromatic carbocycles. The van der Waals surface area contributed by atoms with Crippen LogP contribution in [-0.4, -0.2) is 35.8 Å². The number of anilines is 1. The zero-order valence-corrected chi connectivity index (χ0v) is 14.2. The van der Waals surface area contributed by atoms with Gasteiger partial charge in [-0.3, -0.25) is 4.98 Å². The van der Waals surface area contributed by atoms with Gasteiger partial charge in [0, 0.05) is 48.8 Å². The summed E-state index contributed by atoms with van der Waals surface area (Å²) in [6.45, 7) is 15.6. The molecule has 1 aliphatic heterocycles. The molecule has 0 spiro atoms. The van der Waals surface area contributed by atoms with Gasteiger partial charge in [-0.15, -0.1) is 0 Å². The highest BCUT2D eigenvalue weighted by Gasteiger charge is 2.32. The molecule has 1 fully saturated rings. The van der Waals surface area contributed by atoms with E-state index in [0.717, 1.165) is 25.3 Å². The first-order chi connectivity index (χ1) is 9.77. The van der Waals surface area contributed by atoms with Crippen LogP contribution in [0.4, 0.5) is 5.69 Å². The maximum Gasteiger partial charge on any atom is 0.0805 e. The molecule has 1 aromatic heterocycles. The number of morpholine rings is 1. The molecule has 4 heteroatoms. The van der Waals surface area contributed by atoms with Crippen LogP contribution >= 0.6 is 0 Å². The predicted molar refractivity (Wildman–Crippen MR) is 87.8 cm³/mol. The highest BCUT2D eigenvalue weighted by atomic mass is 16.5. The number of nitrogens with zero attached hydrogens (tertiary/aromatic N) is 2. The van der Waals surface area contributed by atoms with Crippen LogP contribution < -0.4 is 10.2 Å². The van der Waals surface area contributed by atoms with Crippen LogP contribution in [-0.2, 0) is 11.3 Å². The molecule has 0 aliphatic carbocycles. The van der Waals surface area contributed by atoms with E-state index >= 15 is 0 Å². The van der Waals surface area contributed by atoms with E-state index in [2.05, 4.69) is 62.8 Å². The Kier molecular flexibility index (Phi) is 4.89. The molecule has 1 aliphatic rings. The molecule has 1 aromatic rings. The zero-order chi connectivity index (χ0) is 15.6. The van der Waals surface area contributed by atoms with E-state index in [1.54, 1.807) is 0 Å². The molecule has 2 heterocycles. The van der Waals surface area contributed by atoms with Crippen LogP contribution in [0.5, 0.6) is 0 Å². The van der Waals surface area contributed by atoms with Gasteiger partial charge in [-0.05, 0) is 33.8 Å². The molecule has 21 heavy (non-hydrogen) atoms. The smallest absolute Gasteiger partial charge is 0.0805 e. The van der Waals surface area contributed by atoms with E-state index in [1.165, 1.54) is 11.3 Å². The Hall–Kier alpha value is -1.13. The second-order valence-electron chi connectivity index (χ2n) is 7.06. The average molecular weight is 291 g/mol. The molecule has 1 saturated heterocycles. The number of rotatable bonds is 4. The zero-order valence-electron chi connectivity index (χ0n) is 14.2. The standard InChI is InChI=1S/C17H29N3O/c1-12(2)18-8-15-9-19-13(3)7-16(15)20-10-14(4)21-17(5,6)11-20/h7,9,12,14,18H,8,10-11H2,1-6H3. The fraction of sp³-hybridized carbons (Fsp3) is 0.706. The SMILES string of the molecule is Cc1cc(N2CC(C)OC(C)(C)C2)c(CNC(C)C)cn1. The normalized spacial score (nSPS) is 21.9.